The van der Waals surface area contributed by atoms with E-state index in [9.17, 15) is 4.79 Å². The third kappa shape index (κ3) is 2.40. The van der Waals surface area contributed by atoms with Gasteiger partial charge in [0.25, 0.3) is 0 Å². The van der Waals surface area contributed by atoms with Crippen molar-refractivity contribution < 1.29 is 9.90 Å². The minimum absolute atomic E-state index is 0.254. The van der Waals surface area contributed by atoms with Gasteiger partial charge in [-0.1, -0.05) is 13.8 Å². The van der Waals surface area contributed by atoms with Crippen LogP contribution in [0.15, 0.2) is 12.3 Å². The van der Waals surface area contributed by atoms with E-state index in [0.717, 1.165) is 30.9 Å². The largest absolute Gasteiger partial charge is 0.478 e. The summed E-state index contributed by atoms with van der Waals surface area (Å²) < 4.78 is 0. The van der Waals surface area contributed by atoms with Crippen LogP contribution >= 0.6 is 0 Å². The fraction of sp³-hybridized carbons (Fsp3) is 0.538. The van der Waals surface area contributed by atoms with E-state index in [4.69, 9.17) is 5.11 Å². The lowest BCUT2D eigenvalue weighted by Gasteiger charge is -2.22. The number of carboxylic acids is 1. The Morgan fingerprint density at radius 2 is 2.24 bits per heavy atom. The molecule has 0 aromatic carbocycles. The molecule has 0 atom stereocenters. The highest BCUT2D eigenvalue weighted by Gasteiger charge is 2.30. The molecular formula is C13H18N2O2. The zero-order valence-electron chi connectivity index (χ0n) is 10.5. The molecule has 0 bridgehead atoms. The summed E-state index contributed by atoms with van der Waals surface area (Å²) in [5.41, 5.74) is 1.51. The molecule has 17 heavy (non-hydrogen) atoms. The molecule has 1 saturated heterocycles. The number of carboxylic acid groups (broad SMARTS) is 1. The van der Waals surface area contributed by atoms with Crippen LogP contribution in [0.2, 0.25) is 0 Å². The van der Waals surface area contributed by atoms with Crippen LogP contribution in [-0.4, -0.2) is 29.1 Å². The molecule has 92 valence electrons. The molecule has 1 fully saturated rings. The maximum atomic E-state index is 10.8. The second-order valence-electron chi connectivity index (χ2n) is 5.51. The van der Waals surface area contributed by atoms with Crippen molar-refractivity contribution in [3.63, 3.8) is 0 Å². The molecule has 0 spiro atoms. The van der Waals surface area contributed by atoms with Crippen LogP contribution in [0.1, 0.15) is 36.2 Å². The summed E-state index contributed by atoms with van der Waals surface area (Å²) in [7, 11) is 0. The fourth-order valence-corrected chi connectivity index (χ4v) is 2.31. The van der Waals surface area contributed by atoms with Gasteiger partial charge in [-0.25, -0.2) is 9.78 Å². The maximum absolute atomic E-state index is 10.8. The van der Waals surface area contributed by atoms with Crippen LogP contribution in [0.5, 0.6) is 0 Å². The van der Waals surface area contributed by atoms with Gasteiger partial charge in [0.15, 0.2) is 0 Å². The van der Waals surface area contributed by atoms with Crippen molar-refractivity contribution in [3.05, 3.63) is 23.4 Å². The van der Waals surface area contributed by atoms with E-state index in [2.05, 4.69) is 23.7 Å². The van der Waals surface area contributed by atoms with Crippen molar-refractivity contribution >= 4 is 11.8 Å². The second-order valence-corrected chi connectivity index (χ2v) is 5.51. The van der Waals surface area contributed by atoms with Crippen LogP contribution < -0.4 is 4.90 Å². The summed E-state index contributed by atoms with van der Waals surface area (Å²) >= 11 is 0. The number of rotatable bonds is 2. The molecule has 0 unspecified atom stereocenters. The lowest BCUT2D eigenvalue weighted by atomic mass is 9.93. The summed E-state index contributed by atoms with van der Waals surface area (Å²) in [5.74, 6) is -0.00511. The molecule has 1 aliphatic rings. The third-order valence-electron chi connectivity index (χ3n) is 3.27. The maximum Gasteiger partial charge on any atom is 0.337 e. The van der Waals surface area contributed by atoms with Crippen LogP contribution in [0.25, 0.3) is 0 Å². The highest BCUT2D eigenvalue weighted by molar-refractivity contribution is 5.87. The summed E-state index contributed by atoms with van der Waals surface area (Å²) in [6, 6.07) is 1.69. The average molecular weight is 234 g/mol. The average Bonchev–Trinajstić information content (AvgIpc) is 2.58. The zero-order chi connectivity index (χ0) is 12.6. The smallest absolute Gasteiger partial charge is 0.337 e. The Morgan fingerprint density at radius 3 is 2.71 bits per heavy atom. The number of aryl methyl sites for hydroxylation is 1. The van der Waals surface area contributed by atoms with Crippen LogP contribution in [0.4, 0.5) is 5.82 Å². The van der Waals surface area contributed by atoms with Gasteiger partial charge in [0.05, 0.1) is 5.56 Å². The van der Waals surface area contributed by atoms with Crippen molar-refractivity contribution in [3.8, 4) is 0 Å². The third-order valence-corrected chi connectivity index (χ3v) is 3.27. The molecule has 1 N–H and O–H groups in total. The minimum Gasteiger partial charge on any atom is -0.478 e. The quantitative estimate of drug-likeness (QED) is 0.853. The first-order chi connectivity index (χ1) is 7.89. The molecule has 0 aliphatic carbocycles. The summed E-state index contributed by atoms with van der Waals surface area (Å²) in [4.78, 5) is 17.4. The molecular weight excluding hydrogens is 216 g/mol. The first kappa shape index (κ1) is 11.9. The highest BCUT2D eigenvalue weighted by Crippen LogP contribution is 2.32. The summed E-state index contributed by atoms with van der Waals surface area (Å²) in [6.45, 7) is 8.38. The predicted molar refractivity (Wildman–Crippen MR) is 66.5 cm³/mol. The zero-order valence-corrected chi connectivity index (χ0v) is 10.5. The Labute approximate surface area is 101 Å². The number of anilines is 1. The molecule has 1 aromatic heterocycles. The van der Waals surface area contributed by atoms with Gasteiger partial charge < -0.3 is 10.0 Å². The van der Waals surface area contributed by atoms with Gasteiger partial charge in [-0.2, -0.15) is 0 Å². The van der Waals surface area contributed by atoms with Gasteiger partial charge in [0.1, 0.15) is 5.82 Å². The number of nitrogens with zero attached hydrogens (tertiary/aromatic N) is 2. The van der Waals surface area contributed by atoms with E-state index in [-0.39, 0.29) is 5.56 Å². The molecule has 0 radical (unpaired) electrons. The predicted octanol–water partition coefficient (Wildman–Crippen LogP) is 2.32. The van der Waals surface area contributed by atoms with E-state index in [0.29, 0.717) is 5.41 Å². The molecule has 0 amide bonds. The molecule has 0 saturated carbocycles. The lowest BCUT2D eigenvalue weighted by molar-refractivity contribution is 0.0696. The molecule has 4 heteroatoms. The molecule has 2 heterocycles. The van der Waals surface area contributed by atoms with Gasteiger partial charge in [-0.05, 0) is 30.4 Å². The number of carbonyl (C=O) groups is 1. The lowest BCUT2D eigenvalue weighted by Crippen LogP contribution is -2.24. The van der Waals surface area contributed by atoms with Crippen molar-refractivity contribution in [2.45, 2.75) is 27.2 Å². The van der Waals surface area contributed by atoms with Gasteiger partial charge in [-0.15, -0.1) is 0 Å². The number of hydrogen-bond donors (Lipinski definition) is 1. The van der Waals surface area contributed by atoms with Gasteiger partial charge in [-0.3, -0.25) is 0 Å². The Kier molecular flexibility index (Phi) is 2.81. The number of pyridine rings is 1. The van der Waals surface area contributed by atoms with Gasteiger partial charge >= 0.3 is 5.97 Å². The topological polar surface area (TPSA) is 53.4 Å². The van der Waals surface area contributed by atoms with Crippen LogP contribution in [0, 0.1) is 12.3 Å². The Balaban J connectivity index is 2.26. The van der Waals surface area contributed by atoms with E-state index in [1.54, 1.807) is 6.07 Å². The van der Waals surface area contributed by atoms with Crippen molar-refractivity contribution in [1.82, 2.24) is 4.98 Å². The number of aromatic nitrogens is 1. The summed E-state index contributed by atoms with van der Waals surface area (Å²) in [6.07, 6.45) is 2.59. The first-order valence-electron chi connectivity index (χ1n) is 5.84. The van der Waals surface area contributed by atoms with E-state index >= 15 is 0 Å². The molecule has 1 aromatic rings. The number of hydrogen-bond acceptors (Lipinski definition) is 3. The second kappa shape index (κ2) is 4.02. The monoisotopic (exact) mass is 234 g/mol. The van der Waals surface area contributed by atoms with Gasteiger partial charge in [0, 0.05) is 19.3 Å². The Bertz CT molecular complexity index is 455. The van der Waals surface area contributed by atoms with Crippen LogP contribution in [-0.2, 0) is 0 Å². The van der Waals surface area contributed by atoms with E-state index in [1.165, 1.54) is 6.20 Å². The summed E-state index contributed by atoms with van der Waals surface area (Å²) in [5, 5.41) is 8.89. The van der Waals surface area contributed by atoms with Gasteiger partial charge in [0.2, 0.25) is 0 Å². The normalized spacial score (nSPS) is 18.4. The standard InChI is InChI=1S/C13H18N2O2/c1-9-6-10(12(16)17)7-14-11(9)15-5-4-13(2,3)8-15/h6-7H,4-5,8H2,1-3H3,(H,16,17). The van der Waals surface area contributed by atoms with E-state index in [1.807, 2.05) is 6.92 Å². The van der Waals surface area contributed by atoms with Crippen molar-refractivity contribution in [2.75, 3.05) is 18.0 Å². The van der Waals surface area contributed by atoms with Crippen LogP contribution in [0.3, 0.4) is 0 Å². The van der Waals surface area contributed by atoms with Crippen molar-refractivity contribution in [1.29, 1.82) is 0 Å². The Morgan fingerprint density at radius 1 is 1.53 bits per heavy atom. The molecule has 2 rings (SSSR count). The van der Waals surface area contributed by atoms with Crippen molar-refractivity contribution in [2.24, 2.45) is 5.41 Å². The highest BCUT2D eigenvalue weighted by atomic mass is 16.4. The fourth-order valence-electron chi connectivity index (χ4n) is 2.31. The molecule has 1 aliphatic heterocycles. The first-order valence-corrected chi connectivity index (χ1v) is 5.84. The minimum atomic E-state index is -0.922. The number of aromatic carboxylic acids is 1. The molecule has 4 nitrogen and oxygen atoms in total. The SMILES string of the molecule is Cc1cc(C(=O)O)cnc1N1CCC(C)(C)C1. The van der Waals surface area contributed by atoms with E-state index < -0.39 is 5.97 Å². The Hall–Kier alpha value is -1.58.